The topological polar surface area (TPSA) is 21.3 Å². The molecule has 1 fully saturated rings. The Morgan fingerprint density at radius 2 is 2.15 bits per heavy atom. The van der Waals surface area contributed by atoms with E-state index < -0.39 is 0 Å². The normalized spacial score (nSPS) is 15.2. The van der Waals surface area contributed by atoms with Crippen molar-refractivity contribution in [2.45, 2.75) is 39.2 Å². The molecule has 1 aliphatic rings. The summed E-state index contributed by atoms with van der Waals surface area (Å²) in [5.41, 5.74) is 1.58. The lowest BCUT2D eigenvalue weighted by atomic mass is 10.1. The van der Waals surface area contributed by atoms with Crippen LogP contribution in [-0.4, -0.2) is 13.7 Å². The minimum atomic E-state index is 0.703. The molecule has 0 unspecified atom stereocenters. The summed E-state index contributed by atoms with van der Waals surface area (Å²) in [5, 5.41) is 5.01. The first kappa shape index (κ1) is 13.9. The van der Waals surface area contributed by atoms with Crippen LogP contribution in [0.3, 0.4) is 0 Å². The predicted octanol–water partition coefficient (Wildman–Crippen LogP) is 4.53. The summed E-state index contributed by atoms with van der Waals surface area (Å²) in [7, 11) is 1.75. The van der Waals surface area contributed by atoms with E-state index in [1.807, 2.05) is 11.3 Å². The first-order valence-electron chi connectivity index (χ1n) is 7.49. The molecule has 1 saturated carbocycles. The molecule has 1 aromatic heterocycles. The number of nitrogens with one attached hydrogen (secondary N) is 1. The minimum absolute atomic E-state index is 0.703. The van der Waals surface area contributed by atoms with Crippen molar-refractivity contribution in [1.82, 2.24) is 5.32 Å². The van der Waals surface area contributed by atoms with Crippen molar-refractivity contribution in [2.24, 2.45) is 5.92 Å². The van der Waals surface area contributed by atoms with Gasteiger partial charge in [-0.25, -0.2) is 0 Å². The van der Waals surface area contributed by atoms with Gasteiger partial charge in [-0.1, -0.05) is 13.8 Å². The van der Waals surface area contributed by atoms with Gasteiger partial charge in [0.1, 0.15) is 5.75 Å². The average molecular weight is 289 g/mol. The zero-order valence-electron chi connectivity index (χ0n) is 12.5. The molecule has 2 nitrogen and oxygen atoms in total. The Labute approximate surface area is 125 Å². The van der Waals surface area contributed by atoms with Gasteiger partial charge in [0, 0.05) is 16.1 Å². The third-order valence-electron chi connectivity index (χ3n) is 3.83. The van der Waals surface area contributed by atoms with Gasteiger partial charge in [-0.05, 0) is 60.4 Å². The number of hydrogen-bond acceptors (Lipinski definition) is 3. The van der Waals surface area contributed by atoms with Crippen molar-refractivity contribution in [1.29, 1.82) is 0 Å². The van der Waals surface area contributed by atoms with Crippen LogP contribution in [0.15, 0.2) is 18.2 Å². The maximum Gasteiger partial charge on any atom is 0.119 e. The lowest BCUT2D eigenvalue weighted by Crippen LogP contribution is -2.18. The highest BCUT2D eigenvalue weighted by molar-refractivity contribution is 7.19. The lowest BCUT2D eigenvalue weighted by molar-refractivity contribution is 0.415. The second kappa shape index (κ2) is 5.74. The number of methoxy groups -OCH3 is 1. The summed E-state index contributed by atoms with van der Waals surface area (Å²) >= 11 is 1.95. The summed E-state index contributed by atoms with van der Waals surface area (Å²) in [6, 6.07) is 6.49. The summed E-state index contributed by atoms with van der Waals surface area (Å²) in [4.78, 5) is 1.52. The zero-order chi connectivity index (χ0) is 14.1. The molecule has 1 heterocycles. The zero-order valence-corrected chi connectivity index (χ0v) is 13.3. The molecule has 0 amide bonds. The van der Waals surface area contributed by atoms with Gasteiger partial charge < -0.3 is 10.1 Å². The van der Waals surface area contributed by atoms with Crippen LogP contribution >= 0.6 is 11.3 Å². The van der Waals surface area contributed by atoms with E-state index in [1.54, 1.807) is 12.7 Å². The van der Waals surface area contributed by atoms with Crippen LogP contribution in [0.25, 0.3) is 10.1 Å². The van der Waals surface area contributed by atoms with Crippen molar-refractivity contribution < 1.29 is 4.74 Å². The van der Waals surface area contributed by atoms with E-state index in [0.29, 0.717) is 5.92 Å². The number of benzene rings is 1. The van der Waals surface area contributed by atoms with E-state index in [0.717, 1.165) is 24.8 Å². The molecule has 1 aromatic carbocycles. The Bertz CT molecular complexity index is 598. The highest BCUT2D eigenvalue weighted by Crippen LogP contribution is 2.48. The summed E-state index contributed by atoms with van der Waals surface area (Å²) in [6.07, 6.45) is 2.69. The van der Waals surface area contributed by atoms with Crippen molar-refractivity contribution in [3.05, 3.63) is 28.6 Å². The fourth-order valence-electron chi connectivity index (χ4n) is 2.70. The van der Waals surface area contributed by atoms with Gasteiger partial charge in [0.15, 0.2) is 0 Å². The van der Waals surface area contributed by atoms with Gasteiger partial charge in [0.25, 0.3) is 0 Å². The third-order valence-corrected chi connectivity index (χ3v) is 5.02. The quantitative estimate of drug-likeness (QED) is 0.843. The Morgan fingerprint density at radius 1 is 1.35 bits per heavy atom. The predicted molar refractivity (Wildman–Crippen MR) is 86.9 cm³/mol. The van der Waals surface area contributed by atoms with Crippen molar-refractivity contribution in [3.63, 3.8) is 0 Å². The van der Waals surface area contributed by atoms with E-state index in [1.165, 1.54) is 27.8 Å². The van der Waals surface area contributed by atoms with E-state index in [4.69, 9.17) is 4.74 Å². The molecule has 0 bridgehead atoms. The lowest BCUT2D eigenvalue weighted by Gasteiger charge is -2.08. The van der Waals surface area contributed by atoms with Crippen LogP contribution < -0.4 is 10.1 Å². The number of thiophene rings is 1. The van der Waals surface area contributed by atoms with Gasteiger partial charge in [0.05, 0.1) is 7.11 Å². The van der Waals surface area contributed by atoms with Crippen molar-refractivity contribution in [3.8, 4) is 5.75 Å². The summed E-state index contributed by atoms with van der Waals surface area (Å²) < 4.78 is 6.79. The Hall–Kier alpha value is -1.06. The molecule has 3 rings (SSSR count). The van der Waals surface area contributed by atoms with E-state index in [9.17, 15) is 0 Å². The van der Waals surface area contributed by atoms with E-state index in [-0.39, 0.29) is 0 Å². The maximum absolute atomic E-state index is 5.39. The second-order valence-electron chi connectivity index (χ2n) is 6.10. The molecule has 2 aromatic rings. The molecule has 0 saturated heterocycles. The highest BCUT2D eigenvalue weighted by atomic mass is 32.1. The van der Waals surface area contributed by atoms with Gasteiger partial charge in [0.2, 0.25) is 0 Å². The van der Waals surface area contributed by atoms with E-state index in [2.05, 4.69) is 37.4 Å². The molecule has 1 N–H and O–H groups in total. The fraction of sp³-hybridized carbons (Fsp3) is 0.529. The molecular formula is C17H23NOS. The van der Waals surface area contributed by atoms with Crippen molar-refractivity contribution >= 4 is 21.4 Å². The minimum Gasteiger partial charge on any atom is -0.497 e. The van der Waals surface area contributed by atoms with Crippen LogP contribution in [0.5, 0.6) is 5.75 Å². The average Bonchev–Trinajstić information content (AvgIpc) is 3.19. The highest BCUT2D eigenvalue weighted by Gasteiger charge is 2.29. The smallest absolute Gasteiger partial charge is 0.119 e. The van der Waals surface area contributed by atoms with Crippen LogP contribution in [0.4, 0.5) is 0 Å². The number of fused-ring (bicyclic) bond motifs is 1. The van der Waals surface area contributed by atoms with Crippen LogP contribution in [0.2, 0.25) is 0 Å². The molecule has 0 atom stereocenters. The first-order valence-corrected chi connectivity index (χ1v) is 8.30. The SMILES string of the molecule is COc1ccc2sc(CNCC(C)C)c(C3CC3)c2c1. The number of ether oxygens (including phenoxy) is 1. The van der Waals surface area contributed by atoms with Crippen molar-refractivity contribution in [2.75, 3.05) is 13.7 Å². The molecule has 108 valence electrons. The standard InChI is InChI=1S/C17H23NOS/c1-11(2)9-18-10-16-17(12-4-5-12)14-8-13(19-3)6-7-15(14)20-16/h6-8,11-12,18H,4-5,9-10H2,1-3H3. The molecular weight excluding hydrogens is 266 g/mol. The molecule has 0 spiro atoms. The Kier molecular flexibility index (Phi) is 3.99. The van der Waals surface area contributed by atoms with Gasteiger partial charge in [-0.2, -0.15) is 0 Å². The summed E-state index contributed by atoms with van der Waals surface area (Å²) in [5.74, 6) is 2.46. The Balaban J connectivity index is 1.92. The first-order chi connectivity index (χ1) is 9.69. The maximum atomic E-state index is 5.39. The molecule has 20 heavy (non-hydrogen) atoms. The molecule has 3 heteroatoms. The van der Waals surface area contributed by atoms with Gasteiger partial charge in [-0.15, -0.1) is 11.3 Å². The second-order valence-corrected chi connectivity index (χ2v) is 7.24. The molecule has 0 radical (unpaired) electrons. The van der Waals surface area contributed by atoms with Crippen LogP contribution in [0.1, 0.15) is 43.0 Å². The van der Waals surface area contributed by atoms with Crippen LogP contribution in [0, 0.1) is 5.92 Å². The number of hydrogen-bond donors (Lipinski definition) is 1. The molecule has 0 aliphatic heterocycles. The van der Waals surface area contributed by atoms with E-state index >= 15 is 0 Å². The summed E-state index contributed by atoms with van der Waals surface area (Å²) in [6.45, 7) is 6.60. The monoisotopic (exact) mass is 289 g/mol. The third kappa shape index (κ3) is 2.84. The van der Waals surface area contributed by atoms with Gasteiger partial charge in [-0.3, -0.25) is 0 Å². The Morgan fingerprint density at radius 3 is 2.80 bits per heavy atom. The fourth-order valence-corrected chi connectivity index (χ4v) is 3.94. The van der Waals surface area contributed by atoms with Crippen LogP contribution in [-0.2, 0) is 6.54 Å². The largest absolute Gasteiger partial charge is 0.497 e. The van der Waals surface area contributed by atoms with Gasteiger partial charge >= 0.3 is 0 Å². The molecule has 1 aliphatic carbocycles. The number of rotatable bonds is 6.